The van der Waals surface area contributed by atoms with Gasteiger partial charge in [-0.3, -0.25) is 9.20 Å². The van der Waals surface area contributed by atoms with E-state index in [1.807, 2.05) is 62.5 Å². The van der Waals surface area contributed by atoms with E-state index in [9.17, 15) is 4.79 Å². The minimum Gasteiger partial charge on any atom is -0.497 e. The van der Waals surface area contributed by atoms with Crippen molar-refractivity contribution >= 4 is 27.9 Å². The van der Waals surface area contributed by atoms with Gasteiger partial charge in [0, 0.05) is 34.9 Å². The van der Waals surface area contributed by atoms with Gasteiger partial charge in [0.25, 0.3) is 0 Å². The van der Waals surface area contributed by atoms with Crippen LogP contribution in [0.2, 0.25) is 0 Å². The van der Waals surface area contributed by atoms with Crippen LogP contribution in [0.5, 0.6) is 5.75 Å². The molecular weight excluding hydrogens is 382 g/mol. The average Bonchev–Trinajstić information content (AvgIpc) is 3.30. The number of anilines is 1. The topological polar surface area (TPSA) is 55.6 Å². The molecule has 6 heteroatoms. The number of hydrogen-bond acceptors (Lipinski definition) is 4. The maximum absolute atomic E-state index is 12.4. The SMILES string of the molecule is COc1ccc(-c2cn3c(CCC(=O)Nc4cc(C)ccc4C)csc3n2)cc1. The Morgan fingerprint density at radius 1 is 1.17 bits per heavy atom. The van der Waals surface area contributed by atoms with Crippen molar-refractivity contribution in [3.8, 4) is 17.0 Å². The third-order valence-corrected chi connectivity index (χ3v) is 5.83. The molecule has 0 aliphatic heterocycles. The summed E-state index contributed by atoms with van der Waals surface area (Å²) in [5, 5.41) is 5.11. The molecule has 4 rings (SSSR count). The minimum atomic E-state index is 0.0218. The van der Waals surface area contributed by atoms with E-state index in [2.05, 4.69) is 15.1 Å². The molecule has 0 aliphatic rings. The largest absolute Gasteiger partial charge is 0.497 e. The maximum atomic E-state index is 12.4. The third kappa shape index (κ3) is 4.17. The van der Waals surface area contributed by atoms with E-state index in [-0.39, 0.29) is 5.91 Å². The standard InChI is InChI=1S/C23H23N3O2S/c1-15-4-5-16(2)20(12-15)24-22(27)11-8-18-14-29-23-25-21(13-26(18)23)17-6-9-19(28-3)10-7-17/h4-7,9-10,12-14H,8,11H2,1-3H3,(H,24,27). The van der Waals surface area contributed by atoms with Crippen LogP contribution in [0, 0.1) is 13.8 Å². The van der Waals surface area contributed by atoms with Crippen molar-refractivity contribution in [2.75, 3.05) is 12.4 Å². The summed E-state index contributed by atoms with van der Waals surface area (Å²) in [5.74, 6) is 0.846. The second kappa shape index (κ2) is 8.09. The van der Waals surface area contributed by atoms with Gasteiger partial charge in [0.15, 0.2) is 4.96 Å². The molecule has 2 heterocycles. The summed E-state index contributed by atoms with van der Waals surface area (Å²) in [4.78, 5) is 18.1. The molecular formula is C23H23N3O2S. The van der Waals surface area contributed by atoms with Crippen molar-refractivity contribution in [1.82, 2.24) is 9.38 Å². The molecule has 148 valence electrons. The van der Waals surface area contributed by atoms with Crippen molar-refractivity contribution in [3.63, 3.8) is 0 Å². The van der Waals surface area contributed by atoms with Crippen molar-refractivity contribution in [2.24, 2.45) is 0 Å². The number of thiazole rings is 1. The molecule has 0 saturated carbocycles. The Morgan fingerprint density at radius 3 is 2.72 bits per heavy atom. The lowest BCUT2D eigenvalue weighted by molar-refractivity contribution is -0.116. The lowest BCUT2D eigenvalue weighted by Crippen LogP contribution is -2.13. The van der Waals surface area contributed by atoms with Crippen LogP contribution in [-0.2, 0) is 11.2 Å². The highest BCUT2D eigenvalue weighted by Gasteiger charge is 2.12. The summed E-state index contributed by atoms with van der Waals surface area (Å²) in [7, 11) is 1.66. The number of imidazole rings is 1. The fourth-order valence-corrected chi connectivity index (χ4v) is 4.14. The van der Waals surface area contributed by atoms with Gasteiger partial charge in [-0.2, -0.15) is 0 Å². The zero-order valence-electron chi connectivity index (χ0n) is 16.7. The van der Waals surface area contributed by atoms with Gasteiger partial charge in [-0.1, -0.05) is 12.1 Å². The first-order valence-corrected chi connectivity index (χ1v) is 10.4. The van der Waals surface area contributed by atoms with E-state index in [1.54, 1.807) is 18.4 Å². The first kappa shape index (κ1) is 19.2. The van der Waals surface area contributed by atoms with Crippen molar-refractivity contribution in [2.45, 2.75) is 26.7 Å². The first-order valence-electron chi connectivity index (χ1n) is 9.50. The van der Waals surface area contributed by atoms with Crippen molar-refractivity contribution in [1.29, 1.82) is 0 Å². The Kier molecular flexibility index (Phi) is 5.36. The van der Waals surface area contributed by atoms with E-state index in [4.69, 9.17) is 9.72 Å². The Labute approximate surface area is 174 Å². The smallest absolute Gasteiger partial charge is 0.224 e. The second-order valence-electron chi connectivity index (χ2n) is 7.10. The lowest BCUT2D eigenvalue weighted by Gasteiger charge is -2.09. The van der Waals surface area contributed by atoms with E-state index in [0.717, 1.165) is 44.5 Å². The minimum absolute atomic E-state index is 0.0218. The highest BCUT2D eigenvalue weighted by atomic mass is 32.1. The molecule has 0 fully saturated rings. The first-order chi connectivity index (χ1) is 14.0. The predicted molar refractivity (Wildman–Crippen MR) is 118 cm³/mol. The zero-order chi connectivity index (χ0) is 20.4. The van der Waals surface area contributed by atoms with Crippen LogP contribution in [0.25, 0.3) is 16.2 Å². The molecule has 4 aromatic rings. The number of carbonyl (C=O) groups is 1. The molecule has 2 aromatic carbocycles. The summed E-state index contributed by atoms with van der Waals surface area (Å²) in [6, 6.07) is 14.0. The molecule has 0 spiro atoms. The van der Waals surface area contributed by atoms with Crippen LogP contribution in [0.4, 0.5) is 5.69 Å². The van der Waals surface area contributed by atoms with Gasteiger partial charge in [0.2, 0.25) is 5.91 Å². The highest BCUT2D eigenvalue weighted by molar-refractivity contribution is 7.15. The maximum Gasteiger partial charge on any atom is 0.224 e. The number of methoxy groups -OCH3 is 1. The molecule has 0 bridgehead atoms. The predicted octanol–water partition coefficient (Wildman–Crippen LogP) is 5.26. The zero-order valence-corrected chi connectivity index (χ0v) is 17.5. The number of fused-ring (bicyclic) bond motifs is 1. The van der Waals surface area contributed by atoms with E-state index < -0.39 is 0 Å². The van der Waals surface area contributed by atoms with Crippen LogP contribution in [0.3, 0.4) is 0 Å². The van der Waals surface area contributed by atoms with Gasteiger partial charge >= 0.3 is 0 Å². The number of benzene rings is 2. The highest BCUT2D eigenvalue weighted by Crippen LogP contribution is 2.26. The van der Waals surface area contributed by atoms with Crippen LogP contribution >= 0.6 is 11.3 Å². The fraction of sp³-hybridized carbons (Fsp3) is 0.217. The summed E-state index contributed by atoms with van der Waals surface area (Å²) < 4.78 is 7.30. The van der Waals surface area contributed by atoms with Gasteiger partial charge in [-0.15, -0.1) is 11.3 Å². The Hall–Kier alpha value is -3.12. The van der Waals surface area contributed by atoms with Gasteiger partial charge in [0.05, 0.1) is 12.8 Å². The van der Waals surface area contributed by atoms with E-state index in [0.29, 0.717) is 12.8 Å². The third-order valence-electron chi connectivity index (χ3n) is 4.94. The molecule has 29 heavy (non-hydrogen) atoms. The number of hydrogen-bond donors (Lipinski definition) is 1. The monoisotopic (exact) mass is 405 g/mol. The number of rotatable bonds is 6. The molecule has 5 nitrogen and oxygen atoms in total. The van der Waals surface area contributed by atoms with Crippen LogP contribution in [-0.4, -0.2) is 22.4 Å². The number of carbonyl (C=O) groups excluding carboxylic acids is 1. The molecule has 0 atom stereocenters. The van der Waals surface area contributed by atoms with Crippen molar-refractivity contribution < 1.29 is 9.53 Å². The lowest BCUT2D eigenvalue weighted by atomic mass is 10.1. The number of nitrogens with one attached hydrogen (secondary N) is 1. The summed E-state index contributed by atoms with van der Waals surface area (Å²) in [6.45, 7) is 4.03. The molecule has 0 aliphatic carbocycles. The Morgan fingerprint density at radius 2 is 1.97 bits per heavy atom. The van der Waals surface area contributed by atoms with Crippen LogP contribution < -0.4 is 10.1 Å². The summed E-state index contributed by atoms with van der Waals surface area (Å²) in [5.41, 5.74) is 6.14. The van der Waals surface area contributed by atoms with Gasteiger partial charge in [-0.05, 0) is 61.7 Å². The normalized spacial score (nSPS) is 11.0. The van der Waals surface area contributed by atoms with Crippen LogP contribution in [0.1, 0.15) is 23.2 Å². The van der Waals surface area contributed by atoms with E-state index in [1.165, 1.54) is 0 Å². The molecule has 0 unspecified atom stereocenters. The summed E-state index contributed by atoms with van der Waals surface area (Å²) >= 11 is 1.59. The number of aryl methyl sites for hydroxylation is 3. The van der Waals surface area contributed by atoms with Crippen LogP contribution in [0.15, 0.2) is 54.0 Å². The fourth-order valence-electron chi connectivity index (χ4n) is 3.23. The molecule has 2 aromatic heterocycles. The Bertz CT molecular complexity index is 1160. The molecule has 1 N–H and O–H groups in total. The molecule has 1 amide bonds. The van der Waals surface area contributed by atoms with Crippen molar-refractivity contribution in [3.05, 3.63) is 70.9 Å². The molecule has 0 radical (unpaired) electrons. The number of aromatic nitrogens is 2. The van der Waals surface area contributed by atoms with E-state index >= 15 is 0 Å². The molecule has 0 saturated heterocycles. The number of ether oxygens (including phenoxy) is 1. The number of nitrogens with zero attached hydrogens (tertiary/aromatic N) is 2. The van der Waals surface area contributed by atoms with Gasteiger partial charge < -0.3 is 10.1 Å². The quantitative estimate of drug-likeness (QED) is 0.476. The number of amides is 1. The Balaban J connectivity index is 1.46. The van der Waals surface area contributed by atoms with Gasteiger partial charge in [-0.25, -0.2) is 4.98 Å². The van der Waals surface area contributed by atoms with Gasteiger partial charge in [0.1, 0.15) is 5.75 Å². The summed E-state index contributed by atoms with van der Waals surface area (Å²) in [6.07, 6.45) is 3.12. The second-order valence-corrected chi connectivity index (χ2v) is 7.94. The average molecular weight is 406 g/mol.